The van der Waals surface area contributed by atoms with E-state index in [1.807, 2.05) is 13.8 Å². The highest BCUT2D eigenvalue weighted by molar-refractivity contribution is 9.10. The molecule has 1 amide bonds. The monoisotopic (exact) mass is 419 g/mol. The van der Waals surface area contributed by atoms with Crippen LogP contribution in [0.25, 0.3) is 17.2 Å². The molecule has 0 aromatic carbocycles. The average molecular weight is 420 g/mol. The van der Waals surface area contributed by atoms with E-state index < -0.39 is 0 Å². The average Bonchev–Trinajstić information content (AvgIpc) is 3.19. The Kier molecular flexibility index (Phi) is 4.20. The van der Waals surface area contributed by atoms with Crippen LogP contribution in [0.4, 0.5) is 5.82 Å². The van der Waals surface area contributed by atoms with Gasteiger partial charge in [0.05, 0.1) is 12.2 Å². The number of anilines is 1. The first-order valence-corrected chi connectivity index (χ1v) is 9.07. The lowest BCUT2D eigenvalue weighted by Crippen LogP contribution is -2.48. The number of pyridine rings is 1. The number of aromatic nitrogens is 3. The Morgan fingerprint density at radius 2 is 2.00 bits per heavy atom. The van der Waals surface area contributed by atoms with E-state index in [1.165, 1.54) is 4.52 Å². The zero-order valence-corrected chi connectivity index (χ0v) is 15.9. The minimum atomic E-state index is -0.0912. The lowest BCUT2D eigenvalue weighted by atomic mass is 10.1. The van der Waals surface area contributed by atoms with E-state index in [-0.39, 0.29) is 18.1 Å². The second-order valence-electron chi connectivity index (χ2n) is 6.45. The molecule has 9 heteroatoms. The first-order chi connectivity index (χ1) is 12.4. The van der Waals surface area contributed by atoms with E-state index in [1.54, 1.807) is 29.2 Å². The fraction of sp³-hybridized carbons (Fsp3) is 0.353. The van der Waals surface area contributed by atoms with Crippen molar-refractivity contribution in [1.82, 2.24) is 19.5 Å². The van der Waals surface area contributed by atoms with Gasteiger partial charge in [-0.3, -0.25) is 4.79 Å². The Balaban J connectivity index is 1.69. The van der Waals surface area contributed by atoms with Crippen LogP contribution in [0, 0.1) is 0 Å². The maximum absolute atomic E-state index is 12.9. The van der Waals surface area contributed by atoms with E-state index in [9.17, 15) is 4.79 Å². The molecule has 0 unspecified atom stereocenters. The largest absolute Gasteiger partial charge is 0.446 e. The summed E-state index contributed by atoms with van der Waals surface area (Å²) >= 11 is 3.26. The van der Waals surface area contributed by atoms with E-state index in [2.05, 4.69) is 26.0 Å². The van der Waals surface area contributed by atoms with Gasteiger partial charge in [-0.25, -0.2) is 4.98 Å². The Morgan fingerprint density at radius 3 is 2.65 bits per heavy atom. The fourth-order valence-electron chi connectivity index (χ4n) is 3.20. The van der Waals surface area contributed by atoms with E-state index in [4.69, 9.17) is 14.9 Å². The molecular formula is C17H18BrN5O3. The minimum Gasteiger partial charge on any atom is -0.446 e. The van der Waals surface area contributed by atoms with Gasteiger partial charge < -0.3 is 19.8 Å². The molecule has 26 heavy (non-hydrogen) atoms. The maximum atomic E-state index is 12.9. The zero-order chi connectivity index (χ0) is 18.4. The molecule has 3 aromatic heterocycles. The van der Waals surface area contributed by atoms with Gasteiger partial charge in [-0.15, -0.1) is 5.10 Å². The van der Waals surface area contributed by atoms with Gasteiger partial charge >= 0.3 is 0 Å². The van der Waals surface area contributed by atoms with Crippen molar-refractivity contribution in [3.05, 3.63) is 34.5 Å². The Hall–Kier alpha value is -2.39. The van der Waals surface area contributed by atoms with Crippen molar-refractivity contribution in [3.63, 3.8) is 0 Å². The second-order valence-corrected chi connectivity index (χ2v) is 7.23. The highest BCUT2D eigenvalue weighted by atomic mass is 79.9. The van der Waals surface area contributed by atoms with E-state index in [0.717, 1.165) is 0 Å². The number of furan rings is 1. The lowest BCUT2D eigenvalue weighted by molar-refractivity contribution is -0.0586. The first kappa shape index (κ1) is 17.0. The van der Waals surface area contributed by atoms with Crippen LogP contribution in [0.1, 0.15) is 24.2 Å². The van der Waals surface area contributed by atoms with Gasteiger partial charge in [0, 0.05) is 18.7 Å². The molecule has 1 aliphatic heterocycles. The van der Waals surface area contributed by atoms with Crippen LogP contribution < -0.4 is 5.73 Å². The minimum absolute atomic E-state index is 0.000807. The van der Waals surface area contributed by atoms with Crippen molar-refractivity contribution in [2.45, 2.75) is 26.1 Å². The third-order valence-electron chi connectivity index (χ3n) is 4.21. The number of nitrogen functional groups attached to an aromatic ring is 1. The van der Waals surface area contributed by atoms with E-state index >= 15 is 0 Å². The van der Waals surface area contributed by atoms with Crippen LogP contribution in [0.2, 0.25) is 0 Å². The predicted molar refractivity (Wildman–Crippen MR) is 98.7 cm³/mol. The second kappa shape index (κ2) is 6.40. The number of morpholine rings is 1. The molecular weight excluding hydrogens is 402 g/mol. The number of nitrogens with zero attached hydrogens (tertiary/aromatic N) is 4. The molecule has 1 saturated heterocycles. The highest BCUT2D eigenvalue weighted by Gasteiger charge is 2.27. The molecule has 1 fully saturated rings. The Bertz CT molecular complexity index is 972. The van der Waals surface area contributed by atoms with Gasteiger partial charge in [-0.05, 0) is 54.0 Å². The third kappa shape index (κ3) is 3.08. The van der Waals surface area contributed by atoms with E-state index in [0.29, 0.717) is 46.4 Å². The van der Waals surface area contributed by atoms with Crippen LogP contribution in [0.3, 0.4) is 0 Å². The number of nitrogens with two attached hydrogens (primary N) is 1. The van der Waals surface area contributed by atoms with Crippen LogP contribution in [0.15, 0.2) is 33.4 Å². The van der Waals surface area contributed by atoms with Crippen molar-refractivity contribution in [3.8, 4) is 11.6 Å². The molecule has 136 valence electrons. The number of hydrogen-bond acceptors (Lipinski definition) is 6. The lowest BCUT2D eigenvalue weighted by Gasteiger charge is -2.35. The molecule has 0 spiro atoms. The van der Waals surface area contributed by atoms with Crippen molar-refractivity contribution < 1.29 is 13.9 Å². The van der Waals surface area contributed by atoms with Crippen LogP contribution >= 0.6 is 15.9 Å². The van der Waals surface area contributed by atoms with Gasteiger partial charge in [-0.2, -0.15) is 4.52 Å². The molecule has 8 nitrogen and oxygen atoms in total. The van der Waals surface area contributed by atoms with Gasteiger partial charge in [0.15, 0.2) is 16.1 Å². The molecule has 1 aliphatic rings. The summed E-state index contributed by atoms with van der Waals surface area (Å²) in [5.41, 5.74) is 7.07. The van der Waals surface area contributed by atoms with Crippen LogP contribution in [-0.2, 0) is 4.74 Å². The van der Waals surface area contributed by atoms with Gasteiger partial charge in [0.2, 0.25) is 5.82 Å². The summed E-state index contributed by atoms with van der Waals surface area (Å²) in [6.45, 7) is 5.01. The number of carbonyl (C=O) groups excluding carboxylic acids is 1. The standard InChI is InChI=1S/C17H18BrN5O3/c1-9-7-22(8-10(2)25-9)17(24)11-5-14(19)23-15(6-11)20-16(21-23)12-3-4-13(18)26-12/h3-6,9-10H,7-8,19H2,1-2H3/t9-,10+. The predicted octanol–water partition coefficient (Wildman–Crippen LogP) is 2.58. The zero-order valence-electron chi connectivity index (χ0n) is 14.3. The summed E-state index contributed by atoms with van der Waals surface area (Å²) in [5, 5.41) is 4.35. The fourth-order valence-corrected chi connectivity index (χ4v) is 3.50. The normalized spacial score (nSPS) is 20.7. The first-order valence-electron chi connectivity index (χ1n) is 8.27. The summed E-state index contributed by atoms with van der Waals surface area (Å²) < 4.78 is 13.3. The third-order valence-corrected chi connectivity index (χ3v) is 4.64. The van der Waals surface area contributed by atoms with Crippen LogP contribution in [0.5, 0.6) is 0 Å². The SMILES string of the molecule is C[C@@H]1CN(C(=O)c2cc(N)n3nc(-c4ccc(Br)o4)nc3c2)C[C@H](C)O1. The Labute approximate surface area is 158 Å². The van der Waals surface area contributed by atoms with Crippen molar-refractivity contribution >= 4 is 33.3 Å². The summed E-state index contributed by atoms with van der Waals surface area (Å²) in [6.07, 6.45) is 0.00161. The molecule has 4 heterocycles. The van der Waals surface area contributed by atoms with Crippen molar-refractivity contribution in [1.29, 1.82) is 0 Å². The molecule has 3 aromatic rings. The summed E-state index contributed by atoms with van der Waals surface area (Å²) in [4.78, 5) is 19.1. The van der Waals surface area contributed by atoms with Crippen LogP contribution in [-0.4, -0.2) is 50.7 Å². The summed E-state index contributed by atoms with van der Waals surface area (Å²) in [5.74, 6) is 1.17. The number of hydrogen-bond donors (Lipinski definition) is 1. The topological polar surface area (TPSA) is 98.9 Å². The Morgan fingerprint density at radius 1 is 1.27 bits per heavy atom. The van der Waals surface area contributed by atoms with Gasteiger partial charge in [0.1, 0.15) is 5.82 Å². The molecule has 2 N–H and O–H groups in total. The molecule has 0 radical (unpaired) electrons. The number of rotatable bonds is 2. The molecule has 4 rings (SSSR count). The summed E-state index contributed by atoms with van der Waals surface area (Å²) in [7, 11) is 0. The van der Waals surface area contributed by atoms with Gasteiger partial charge in [-0.1, -0.05) is 0 Å². The number of halogens is 1. The number of ether oxygens (including phenoxy) is 1. The number of amides is 1. The molecule has 0 saturated carbocycles. The van der Waals surface area contributed by atoms with Gasteiger partial charge in [0.25, 0.3) is 5.91 Å². The number of carbonyl (C=O) groups is 1. The smallest absolute Gasteiger partial charge is 0.254 e. The quantitative estimate of drug-likeness (QED) is 0.684. The number of fused-ring (bicyclic) bond motifs is 1. The molecule has 0 bridgehead atoms. The maximum Gasteiger partial charge on any atom is 0.254 e. The summed E-state index contributed by atoms with van der Waals surface area (Å²) in [6, 6.07) is 6.84. The van der Waals surface area contributed by atoms with Crippen molar-refractivity contribution in [2.24, 2.45) is 0 Å². The molecule has 2 atom stereocenters. The van der Waals surface area contributed by atoms with Crippen molar-refractivity contribution in [2.75, 3.05) is 18.8 Å². The highest BCUT2D eigenvalue weighted by Crippen LogP contribution is 2.24. The molecule has 0 aliphatic carbocycles.